The highest BCUT2D eigenvalue weighted by Gasteiger charge is 2.24. The Balaban J connectivity index is 0.00000220. The van der Waals surface area contributed by atoms with E-state index in [1.807, 2.05) is 12.1 Å². The Morgan fingerprint density at radius 2 is 1.95 bits per heavy atom. The molecule has 6 heteroatoms. The average Bonchev–Trinajstić information content (AvgIpc) is 2.44. The van der Waals surface area contributed by atoms with Gasteiger partial charge in [-0.1, -0.05) is 6.42 Å². The maximum atomic E-state index is 11.4. The van der Waals surface area contributed by atoms with Crippen molar-refractivity contribution in [2.45, 2.75) is 37.9 Å². The molecule has 2 unspecified atom stereocenters. The second-order valence-corrected chi connectivity index (χ2v) is 5.11. The standard InChI is InChI=1S/C15H22N2O3.ClH/c1-16-10-15(19)17-11-6-8-12(9-7-11)20-14-5-3-2-4-13(14)18;/h6-9,13-14,16,18H,2-5,10H2,1H3,(H,17,19);1H. The summed E-state index contributed by atoms with van der Waals surface area (Å²) in [5, 5.41) is 15.4. The highest BCUT2D eigenvalue weighted by atomic mass is 35.5. The number of ether oxygens (including phenoxy) is 1. The minimum absolute atomic E-state index is 0. The summed E-state index contributed by atoms with van der Waals surface area (Å²) in [5.74, 6) is 0.645. The molecule has 1 amide bonds. The fourth-order valence-corrected chi connectivity index (χ4v) is 2.37. The first-order valence-corrected chi connectivity index (χ1v) is 7.08. The second-order valence-electron chi connectivity index (χ2n) is 5.11. The number of carbonyl (C=O) groups excluding carboxylic acids is 1. The van der Waals surface area contributed by atoms with E-state index in [0.717, 1.165) is 37.1 Å². The Morgan fingerprint density at radius 1 is 1.29 bits per heavy atom. The summed E-state index contributed by atoms with van der Waals surface area (Å²) < 4.78 is 5.80. The number of benzene rings is 1. The van der Waals surface area contributed by atoms with Crippen LogP contribution >= 0.6 is 12.4 Å². The summed E-state index contributed by atoms with van der Waals surface area (Å²) in [6, 6.07) is 7.24. The average molecular weight is 315 g/mol. The number of rotatable bonds is 5. The molecule has 21 heavy (non-hydrogen) atoms. The Morgan fingerprint density at radius 3 is 2.57 bits per heavy atom. The van der Waals surface area contributed by atoms with Crippen LogP contribution in [0.25, 0.3) is 0 Å². The van der Waals surface area contributed by atoms with E-state index in [0.29, 0.717) is 0 Å². The van der Waals surface area contributed by atoms with Gasteiger partial charge in [-0.05, 0) is 50.6 Å². The fourth-order valence-electron chi connectivity index (χ4n) is 2.37. The zero-order valence-electron chi connectivity index (χ0n) is 12.2. The van der Waals surface area contributed by atoms with E-state index in [-0.39, 0.29) is 37.1 Å². The van der Waals surface area contributed by atoms with E-state index in [4.69, 9.17) is 4.74 Å². The lowest BCUT2D eigenvalue weighted by atomic mass is 9.95. The molecule has 1 fully saturated rings. The van der Waals surface area contributed by atoms with Crippen molar-refractivity contribution >= 4 is 24.0 Å². The van der Waals surface area contributed by atoms with Gasteiger partial charge in [-0.3, -0.25) is 4.79 Å². The Bertz CT molecular complexity index is 439. The number of halogens is 1. The summed E-state index contributed by atoms with van der Waals surface area (Å²) >= 11 is 0. The third kappa shape index (κ3) is 5.53. The lowest BCUT2D eigenvalue weighted by Crippen LogP contribution is -2.34. The summed E-state index contributed by atoms with van der Waals surface area (Å²) in [6.45, 7) is 0.284. The molecule has 0 saturated heterocycles. The minimum atomic E-state index is -0.376. The zero-order valence-corrected chi connectivity index (χ0v) is 13.0. The molecule has 118 valence electrons. The largest absolute Gasteiger partial charge is 0.488 e. The van der Waals surface area contributed by atoms with Crippen molar-refractivity contribution in [3.63, 3.8) is 0 Å². The predicted octanol–water partition coefficient (Wildman–Crippen LogP) is 1.95. The van der Waals surface area contributed by atoms with Gasteiger partial charge in [0.05, 0.1) is 12.6 Å². The van der Waals surface area contributed by atoms with Gasteiger partial charge in [0, 0.05) is 5.69 Å². The van der Waals surface area contributed by atoms with Crippen molar-refractivity contribution in [1.82, 2.24) is 5.32 Å². The van der Waals surface area contributed by atoms with Crippen LogP contribution < -0.4 is 15.4 Å². The number of aliphatic hydroxyl groups excluding tert-OH is 1. The lowest BCUT2D eigenvalue weighted by Gasteiger charge is -2.28. The van der Waals surface area contributed by atoms with E-state index in [1.165, 1.54) is 0 Å². The van der Waals surface area contributed by atoms with Crippen LogP contribution in [0.1, 0.15) is 25.7 Å². The smallest absolute Gasteiger partial charge is 0.238 e. The minimum Gasteiger partial charge on any atom is -0.488 e. The summed E-state index contributed by atoms with van der Waals surface area (Å²) in [6.07, 6.45) is 3.37. The first-order chi connectivity index (χ1) is 9.69. The number of nitrogens with one attached hydrogen (secondary N) is 2. The van der Waals surface area contributed by atoms with E-state index in [1.54, 1.807) is 19.2 Å². The molecule has 0 heterocycles. The van der Waals surface area contributed by atoms with E-state index in [9.17, 15) is 9.90 Å². The number of anilines is 1. The van der Waals surface area contributed by atoms with Crippen LogP contribution in [-0.4, -0.2) is 36.8 Å². The number of amides is 1. The van der Waals surface area contributed by atoms with E-state index >= 15 is 0 Å². The predicted molar refractivity (Wildman–Crippen MR) is 85.1 cm³/mol. The molecular formula is C15H23ClN2O3. The van der Waals surface area contributed by atoms with Crippen molar-refractivity contribution < 1.29 is 14.6 Å². The maximum absolute atomic E-state index is 11.4. The van der Waals surface area contributed by atoms with Crippen LogP contribution in [0.2, 0.25) is 0 Å². The lowest BCUT2D eigenvalue weighted by molar-refractivity contribution is -0.115. The number of aliphatic hydroxyl groups is 1. The van der Waals surface area contributed by atoms with Gasteiger partial charge in [0.2, 0.25) is 5.91 Å². The van der Waals surface area contributed by atoms with Crippen LogP contribution in [0, 0.1) is 0 Å². The molecule has 1 saturated carbocycles. The van der Waals surface area contributed by atoms with Gasteiger partial charge in [0.15, 0.2) is 0 Å². The molecule has 0 bridgehead atoms. The van der Waals surface area contributed by atoms with E-state index in [2.05, 4.69) is 10.6 Å². The molecule has 2 rings (SSSR count). The fraction of sp³-hybridized carbons (Fsp3) is 0.533. The number of likely N-dealkylation sites (N-methyl/N-ethyl adjacent to an activating group) is 1. The van der Waals surface area contributed by atoms with Crippen LogP contribution in [0.4, 0.5) is 5.69 Å². The van der Waals surface area contributed by atoms with Crippen LogP contribution in [-0.2, 0) is 4.79 Å². The zero-order chi connectivity index (χ0) is 14.4. The van der Waals surface area contributed by atoms with Gasteiger partial charge in [0.25, 0.3) is 0 Å². The molecular weight excluding hydrogens is 292 g/mol. The molecule has 1 aliphatic carbocycles. The van der Waals surface area contributed by atoms with Crippen molar-refractivity contribution in [2.24, 2.45) is 0 Å². The number of hydrogen-bond acceptors (Lipinski definition) is 4. The topological polar surface area (TPSA) is 70.6 Å². The molecule has 0 radical (unpaired) electrons. The summed E-state index contributed by atoms with van der Waals surface area (Å²) in [5.41, 5.74) is 0.738. The molecule has 3 N–H and O–H groups in total. The van der Waals surface area contributed by atoms with Crippen molar-refractivity contribution in [3.8, 4) is 5.75 Å². The number of hydrogen-bond donors (Lipinski definition) is 3. The first kappa shape index (κ1) is 17.8. The van der Waals surface area contributed by atoms with Crippen LogP contribution in [0.5, 0.6) is 5.75 Å². The molecule has 1 aliphatic rings. The van der Waals surface area contributed by atoms with Gasteiger partial charge >= 0.3 is 0 Å². The molecule has 1 aromatic carbocycles. The molecule has 0 spiro atoms. The van der Waals surface area contributed by atoms with Crippen LogP contribution in [0.15, 0.2) is 24.3 Å². The molecule has 2 atom stereocenters. The van der Waals surface area contributed by atoms with Crippen molar-refractivity contribution in [2.75, 3.05) is 18.9 Å². The maximum Gasteiger partial charge on any atom is 0.238 e. The Labute approximate surface area is 131 Å². The van der Waals surface area contributed by atoms with Gasteiger partial charge in [-0.25, -0.2) is 0 Å². The summed E-state index contributed by atoms with van der Waals surface area (Å²) in [7, 11) is 1.73. The molecule has 0 aliphatic heterocycles. The first-order valence-electron chi connectivity index (χ1n) is 7.08. The van der Waals surface area contributed by atoms with Crippen LogP contribution in [0.3, 0.4) is 0 Å². The normalized spacial score (nSPS) is 21.2. The van der Waals surface area contributed by atoms with Gasteiger partial charge < -0.3 is 20.5 Å². The Hall–Kier alpha value is -1.30. The van der Waals surface area contributed by atoms with Crippen molar-refractivity contribution in [3.05, 3.63) is 24.3 Å². The van der Waals surface area contributed by atoms with Gasteiger partial charge in [0.1, 0.15) is 11.9 Å². The number of carbonyl (C=O) groups is 1. The molecule has 1 aromatic rings. The quantitative estimate of drug-likeness (QED) is 0.777. The third-order valence-electron chi connectivity index (χ3n) is 3.43. The molecule has 0 aromatic heterocycles. The SMILES string of the molecule is CNCC(=O)Nc1ccc(OC2CCCCC2O)cc1.Cl. The second kappa shape index (κ2) is 8.87. The summed E-state index contributed by atoms with van der Waals surface area (Å²) in [4.78, 5) is 11.4. The highest BCUT2D eigenvalue weighted by molar-refractivity contribution is 5.92. The van der Waals surface area contributed by atoms with Gasteiger partial charge in [-0.15, -0.1) is 12.4 Å². The van der Waals surface area contributed by atoms with Crippen molar-refractivity contribution in [1.29, 1.82) is 0 Å². The third-order valence-corrected chi connectivity index (χ3v) is 3.43. The monoisotopic (exact) mass is 314 g/mol. The highest BCUT2D eigenvalue weighted by Crippen LogP contribution is 2.24. The Kier molecular flexibility index (Phi) is 7.50. The van der Waals surface area contributed by atoms with Gasteiger partial charge in [-0.2, -0.15) is 0 Å². The molecule has 5 nitrogen and oxygen atoms in total. The van der Waals surface area contributed by atoms with E-state index < -0.39 is 0 Å².